The first-order chi connectivity index (χ1) is 13.6. The van der Waals surface area contributed by atoms with E-state index in [-0.39, 0.29) is 36.4 Å². The zero-order valence-electron chi connectivity index (χ0n) is 16.2. The standard InChI is InChI=1S/C23H26N2O3/c1-3-7-17-10-12-18(13-11-17)22-20(25(16(2)27)21(22)15-26)14-24-23(28)19-8-5-4-6-9-19/h3-13,20-22,26H,14-15H2,1-2H3,(H,24,28)/b7-3+/t20-,21-,22-/m0/s1. The maximum atomic E-state index is 12.4. The summed E-state index contributed by atoms with van der Waals surface area (Å²) >= 11 is 0. The summed E-state index contributed by atoms with van der Waals surface area (Å²) < 4.78 is 0. The highest BCUT2D eigenvalue weighted by atomic mass is 16.3. The Balaban J connectivity index is 1.78. The van der Waals surface area contributed by atoms with Gasteiger partial charge in [0.25, 0.3) is 5.91 Å². The lowest BCUT2D eigenvalue weighted by molar-refractivity contribution is -0.147. The number of nitrogens with one attached hydrogen (secondary N) is 1. The van der Waals surface area contributed by atoms with Crippen molar-refractivity contribution in [3.05, 3.63) is 77.4 Å². The Morgan fingerprint density at radius 2 is 1.75 bits per heavy atom. The van der Waals surface area contributed by atoms with Crippen molar-refractivity contribution in [1.82, 2.24) is 10.2 Å². The molecule has 3 atom stereocenters. The van der Waals surface area contributed by atoms with Crippen LogP contribution in [-0.4, -0.2) is 47.1 Å². The molecule has 0 aliphatic carbocycles. The second-order valence-electron chi connectivity index (χ2n) is 7.01. The topological polar surface area (TPSA) is 69.6 Å². The Morgan fingerprint density at radius 1 is 1.07 bits per heavy atom. The predicted octanol–water partition coefficient (Wildman–Crippen LogP) is 2.82. The summed E-state index contributed by atoms with van der Waals surface area (Å²) in [7, 11) is 0. The summed E-state index contributed by atoms with van der Waals surface area (Å²) in [6.45, 7) is 3.70. The minimum Gasteiger partial charge on any atom is -0.394 e. The summed E-state index contributed by atoms with van der Waals surface area (Å²) in [5.74, 6) is -0.289. The molecule has 0 radical (unpaired) electrons. The Morgan fingerprint density at radius 3 is 2.32 bits per heavy atom. The van der Waals surface area contributed by atoms with Crippen LogP contribution < -0.4 is 5.32 Å². The molecule has 0 bridgehead atoms. The van der Waals surface area contributed by atoms with Gasteiger partial charge in [0.15, 0.2) is 0 Å². The second kappa shape index (κ2) is 8.85. The van der Waals surface area contributed by atoms with E-state index in [1.54, 1.807) is 17.0 Å². The molecule has 2 amide bonds. The van der Waals surface area contributed by atoms with Crippen LogP contribution in [-0.2, 0) is 4.79 Å². The van der Waals surface area contributed by atoms with Crippen molar-refractivity contribution >= 4 is 17.9 Å². The van der Waals surface area contributed by atoms with Gasteiger partial charge in [0, 0.05) is 24.9 Å². The van der Waals surface area contributed by atoms with Crippen LogP contribution in [0, 0.1) is 0 Å². The minimum atomic E-state index is -0.274. The summed E-state index contributed by atoms with van der Waals surface area (Å²) in [5.41, 5.74) is 2.74. The molecule has 1 saturated heterocycles. The first-order valence-electron chi connectivity index (χ1n) is 9.52. The number of carbonyl (C=O) groups is 2. The van der Waals surface area contributed by atoms with Crippen LogP contribution in [0.25, 0.3) is 6.08 Å². The summed E-state index contributed by atoms with van der Waals surface area (Å²) in [6, 6.07) is 16.7. The molecule has 146 valence electrons. The number of hydrogen-bond acceptors (Lipinski definition) is 3. The molecule has 0 aromatic heterocycles. The van der Waals surface area contributed by atoms with Crippen molar-refractivity contribution in [1.29, 1.82) is 0 Å². The number of allylic oxidation sites excluding steroid dienone is 1. The van der Waals surface area contributed by atoms with Crippen molar-refractivity contribution in [3.8, 4) is 0 Å². The van der Waals surface area contributed by atoms with Gasteiger partial charge < -0.3 is 15.3 Å². The van der Waals surface area contributed by atoms with Crippen LogP contribution in [0.4, 0.5) is 0 Å². The fraction of sp³-hybridized carbons (Fsp3) is 0.304. The van der Waals surface area contributed by atoms with Crippen LogP contribution in [0.5, 0.6) is 0 Å². The number of carbonyl (C=O) groups excluding carboxylic acids is 2. The molecule has 1 aliphatic rings. The smallest absolute Gasteiger partial charge is 0.251 e. The molecule has 1 heterocycles. The van der Waals surface area contributed by atoms with Crippen molar-refractivity contribution in [2.75, 3.05) is 13.2 Å². The monoisotopic (exact) mass is 378 g/mol. The van der Waals surface area contributed by atoms with Crippen LogP contribution in [0.15, 0.2) is 60.7 Å². The molecule has 5 nitrogen and oxygen atoms in total. The maximum Gasteiger partial charge on any atom is 0.251 e. The highest BCUT2D eigenvalue weighted by Gasteiger charge is 2.49. The Labute approximate surface area is 165 Å². The summed E-state index contributed by atoms with van der Waals surface area (Å²) in [6.07, 6.45) is 4.00. The molecule has 0 unspecified atom stereocenters. The van der Waals surface area contributed by atoms with Crippen molar-refractivity contribution in [2.24, 2.45) is 0 Å². The van der Waals surface area contributed by atoms with Gasteiger partial charge in [-0.25, -0.2) is 0 Å². The van der Waals surface area contributed by atoms with E-state index < -0.39 is 0 Å². The fourth-order valence-corrected chi connectivity index (χ4v) is 4.00. The normalized spacial score (nSPS) is 21.4. The molecule has 2 aromatic rings. The molecule has 1 fully saturated rings. The number of likely N-dealkylation sites (tertiary alicyclic amines) is 1. The van der Waals surface area contributed by atoms with Crippen LogP contribution in [0.1, 0.15) is 41.3 Å². The van der Waals surface area contributed by atoms with Gasteiger partial charge in [0.1, 0.15) is 0 Å². The molecule has 3 rings (SSSR count). The molecular formula is C23H26N2O3. The Hall–Kier alpha value is -2.92. The molecular weight excluding hydrogens is 352 g/mol. The lowest BCUT2D eigenvalue weighted by atomic mass is 9.75. The number of nitrogens with zero attached hydrogens (tertiary/aromatic N) is 1. The highest BCUT2D eigenvalue weighted by molar-refractivity contribution is 5.94. The fourth-order valence-electron chi connectivity index (χ4n) is 4.00. The highest BCUT2D eigenvalue weighted by Crippen LogP contribution is 2.40. The third-order valence-electron chi connectivity index (χ3n) is 5.28. The molecule has 0 spiro atoms. The van der Waals surface area contributed by atoms with Gasteiger partial charge in [0.2, 0.25) is 5.91 Å². The van der Waals surface area contributed by atoms with E-state index in [9.17, 15) is 14.7 Å². The third-order valence-corrected chi connectivity index (χ3v) is 5.28. The number of benzene rings is 2. The SMILES string of the molecule is C/C=C/c1ccc([C@@H]2[C@H](CO)N(C(C)=O)[C@H]2CNC(=O)c2ccccc2)cc1. The molecule has 5 heteroatoms. The Kier molecular flexibility index (Phi) is 6.26. The largest absolute Gasteiger partial charge is 0.394 e. The average Bonchev–Trinajstić information content (AvgIpc) is 2.69. The van der Waals surface area contributed by atoms with E-state index in [2.05, 4.69) is 5.32 Å². The second-order valence-corrected chi connectivity index (χ2v) is 7.01. The lowest BCUT2D eigenvalue weighted by Crippen LogP contribution is -2.68. The molecule has 28 heavy (non-hydrogen) atoms. The van der Waals surface area contributed by atoms with Gasteiger partial charge in [0.05, 0.1) is 18.7 Å². The number of amides is 2. The number of hydrogen-bond donors (Lipinski definition) is 2. The van der Waals surface area contributed by atoms with E-state index >= 15 is 0 Å². The van der Waals surface area contributed by atoms with Crippen molar-refractivity contribution < 1.29 is 14.7 Å². The predicted molar refractivity (Wildman–Crippen MR) is 110 cm³/mol. The van der Waals surface area contributed by atoms with E-state index in [0.717, 1.165) is 11.1 Å². The third kappa shape index (κ3) is 3.99. The first-order valence-corrected chi connectivity index (χ1v) is 9.52. The zero-order valence-corrected chi connectivity index (χ0v) is 16.2. The molecule has 2 aromatic carbocycles. The van der Waals surface area contributed by atoms with Crippen LogP contribution in [0.3, 0.4) is 0 Å². The van der Waals surface area contributed by atoms with Crippen LogP contribution >= 0.6 is 0 Å². The van der Waals surface area contributed by atoms with Crippen LogP contribution in [0.2, 0.25) is 0 Å². The summed E-state index contributed by atoms with van der Waals surface area (Å²) in [4.78, 5) is 26.2. The first kappa shape index (κ1) is 19.8. The number of aliphatic hydroxyl groups excluding tert-OH is 1. The van der Waals surface area contributed by atoms with Gasteiger partial charge in [-0.05, 0) is 30.2 Å². The van der Waals surface area contributed by atoms with Gasteiger partial charge >= 0.3 is 0 Å². The van der Waals surface area contributed by atoms with Gasteiger partial charge in [-0.1, -0.05) is 54.6 Å². The van der Waals surface area contributed by atoms with Crippen molar-refractivity contribution in [2.45, 2.75) is 31.8 Å². The van der Waals surface area contributed by atoms with E-state index in [1.807, 2.05) is 61.5 Å². The average molecular weight is 378 g/mol. The lowest BCUT2D eigenvalue weighted by Gasteiger charge is -2.54. The number of aliphatic hydroxyl groups is 1. The van der Waals surface area contributed by atoms with E-state index in [1.165, 1.54) is 6.92 Å². The van der Waals surface area contributed by atoms with Gasteiger partial charge in [-0.3, -0.25) is 9.59 Å². The Bertz CT molecular complexity index is 846. The molecule has 2 N–H and O–H groups in total. The zero-order chi connectivity index (χ0) is 20.1. The van der Waals surface area contributed by atoms with E-state index in [4.69, 9.17) is 0 Å². The quantitative estimate of drug-likeness (QED) is 0.812. The van der Waals surface area contributed by atoms with E-state index in [0.29, 0.717) is 12.1 Å². The van der Waals surface area contributed by atoms with Gasteiger partial charge in [-0.2, -0.15) is 0 Å². The molecule has 1 aliphatic heterocycles. The van der Waals surface area contributed by atoms with Crippen molar-refractivity contribution in [3.63, 3.8) is 0 Å². The van der Waals surface area contributed by atoms with Gasteiger partial charge in [-0.15, -0.1) is 0 Å². The minimum absolute atomic E-state index is 0.0235. The summed E-state index contributed by atoms with van der Waals surface area (Å²) in [5, 5.41) is 12.8. The maximum absolute atomic E-state index is 12.4. The number of rotatable bonds is 6. The molecule has 0 saturated carbocycles.